The molecule has 0 amide bonds. The van der Waals surface area contributed by atoms with Gasteiger partial charge < -0.3 is 8.98 Å². The molecule has 0 fully saturated rings. The van der Waals surface area contributed by atoms with Gasteiger partial charge >= 0.3 is 0 Å². The number of fused-ring (bicyclic) bond motifs is 9. The fourth-order valence-corrected chi connectivity index (χ4v) is 7.99. The van der Waals surface area contributed by atoms with Crippen molar-refractivity contribution >= 4 is 76.1 Å². The van der Waals surface area contributed by atoms with E-state index in [-0.39, 0.29) is 0 Å². The summed E-state index contributed by atoms with van der Waals surface area (Å²) in [5.74, 6) is 0. The summed E-state index contributed by atoms with van der Waals surface area (Å²) in [7, 11) is 0. The predicted molar refractivity (Wildman–Crippen MR) is 211 cm³/mol. The zero-order valence-electron chi connectivity index (χ0n) is 27.1. The first kappa shape index (κ1) is 27.3. The van der Waals surface area contributed by atoms with Gasteiger partial charge in [0.2, 0.25) is 0 Å². The second kappa shape index (κ2) is 10.4. The topological polar surface area (TPSA) is 18.1 Å². The van der Waals surface area contributed by atoms with Gasteiger partial charge in [-0.1, -0.05) is 109 Å². The highest BCUT2D eigenvalue weighted by molar-refractivity contribution is 6.13. The average Bonchev–Trinajstić information content (AvgIpc) is 3.70. The van der Waals surface area contributed by atoms with Crippen molar-refractivity contribution in [2.45, 2.75) is 0 Å². The average molecular weight is 636 g/mol. The maximum atomic E-state index is 6.34. The third kappa shape index (κ3) is 4.15. The third-order valence-electron chi connectivity index (χ3n) is 10.5. The van der Waals surface area contributed by atoms with Crippen LogP contribution in [0.2, 0.25) is 0 Å². The molecule has 11 rings (SSSR count). The molecule has 0 N–H and O–H groups in total. The molecule has 11 aromatic rings. The van der Waals surface area contributed by atoms with Crippen LogP contribution < -0.4 is 0 Å². The van der Waals surface area contributed by atoms with Crippen molar-refractivity contribution in [2.75, 3.05) is 0 Å². The minimum Gasteiger partial charge on any atom is -0.456 e. The highest BCUT2D eigenvalue weighted by Crippen LogP contribution is 2.39. The van der Waals surface area contributed by atoms with Crippen molar-refractivity contribution in [1.82, 2.24) is 4.57 Å². The molecule has 0 aliphatic heterocycles. The Morgan fingerprint density at radius 2 is 0.820 bits per heavy atom. The van der Waals surface area contributed by atoms with Crippen LogP contribution in [0, 0.1) is 0 Å². The van der Waals surface area contributed by atoms with E-state index in [4.69, 9.17) is 4.42 Å². The van der Waals surface area contributed by atoms with Gasteiger partial charge in [-0.25, -0.2) is 0 Å². The minimum atomic E-state index is 0.905. The van der Waals surface area contributed by atoms with Crippen LogP contribution in [0.1, 0.15) is 0 Å². The Bertz CT molecular complexity index is 3160. The van der Waals surface area contributed by atoms with Crippen molar-refractivity contribution in [3.8, 4) is 27.9 Å². The SMILES string of the molecule is c1ccc2cc(-c3ccc4cc(-c5ccc6c(c5)c5ccccc5n6-c5ccc6oc7cc8ccccc8cc7c6c5)ccc4c3)ccc2c1. The lowest BCUT2D eigenvalue weighted by molar-refractivity contribution is 0.669. The van der Waals surface area contributed by atoms with E-state index in [1.165, 1.54) is 76.4 Å². The standard InChI is InChI=1S/C48H29NO/c1-2-8-31-23-34(14-13-30(31)7-1)35-15-16-37-25-38(18-17-36(37)24-35)39-19-21-46-42(26-39)41-11-5-6-12-45(41)49(46)40-20-22-47-44(29-40)43-27-32-9-3-4-10-33(32)28-48(43)50-47/h1-29H. The lowest BCUT2D eigenvalue weighted by Crippen LogP contribution is -1.93. The number of benzene rings is 9. The molecule has 0 aliphatic carbocycles. The smallest absolute Gasteiger partial charge is 0.136 e. The molecule has 232 valence electrons. The van der Waals surface area contributed by atoms with E-state index in [0.29, 0.717) is 0 Å². The molecule has 9 aromatic carbocycles. The monoisotopic (exact) mass is 635 g/mol. The van der Waals surface area contributed by atoms with E-state index < -0.39 is 0 Å². The molecule has 0 bridgehead atoms. The van der Waals surface area contributed by atoms with E-state index in [1.807, 2.05) is 0 Å². The van der Waals surface area contributed by atoms with Gasteiger partial charge in [-0.05, 0) is 121 Å². The van der Waals surface area contributed by atoms with Crippen molar-refractivity contribution < 1.29 is 4.42 Å². The zero-order valence-corrected chi connectivity index (χ0v) is 27.1. The molecular weight excluding hydrogens is 607 g/mol. The number of aromatic nitrogens is 1. The molecule has 2 nitrogen and oxygen atoms in total. The molecule has 0 unspecified atom stereocenters. The minimum absolute atomic E-state index is 0.905. The van der Waals surface area contributed by atoms with Crippen LogP contribution in [-0.4, -0.2) is 4.57 Å². The van der Waals surface area contributed by atoms with Gasteiger partial charge in [0.05, 0.1) is 11.0 Å². The van der Waals surface area contributed by atoms with Crippen LogP contribution in [0.25, 0.3) is 104 Å². The molecule has 0 radical (unpaired) electrons. The number of nitrogens with zero attached hydrogens (tertiary/aromatic N) is 1. The first-order valence-electron chi connectivity index (χ1n) is 17.2. The Hall–Kier alpha value is -6.64. The van der Waals surface area contributed by atoms with Crippen LogP contribution in [-0.2, 0) is 0 Å². The van der Waals surface area contributed by atoms with Crippen LogP contribution in [0.4, 0.5) is 0 Å². The normalized spacial score (nSPS) is 12.0. The summed E-state index contributed by atoms with van der Waals surface area (Å²) in [4.78, 5) is 0. The third-order valence-corrected chi connectivity index (χ3v) is 10.5. The number of hydrogen-bond acceptors (Lipinski definition) is 1. The van der Waals surface area contributed by atoms with E-state index in [9.17, 15) is 0 Å². The molecule has 2 heteroatoms. The zero-order chi connectivity index (χ0) is 32.8. The van der Waals surface area contributed by atoms with Crippen LogP contribution >= 0.6 is 0 Å². The van der Waals surface area contributed by atoms with Gasteiger partial charge in [-0.15, -0.1) is 0 Å². The van der Waals surface area contributed by atoms with Crippen molar-refractivity contribution in [3.63, 3.8) is 0 Å². The highest BCUT2D eigenvalue weighted by Gasteiger charge is 2.16. The van der Waals surface area contributed by atoms with Crippen molar-refractivity contribution in [3.05, 3.63) is 176 Å². The van der Waals surface area contributed by atoms with Crippen LogP contribution in [0.15, 0.2) is 180 Å². The molecule has 0 aliphatic rings. The van der Waals surface area contributed by atoms with E-state index in [2.05, 4.69) is 180 Å². The van der Waals surface area contributed by atoms with Crippen molar-refractivity contribution in [2.24, 2.45) is 0 Å². The molecule has 0 atom stereocenters. The lowest BCUT2D eigenvalue weighted by Gasteiger charge is -2.10. The van der Waals surface area contributed by atoms with Gasteiger partial charge in [0.15, 0.2) is 0 Å². The van der Waals surface area contributed by atoms with Gasteiger partial charge in [-0.2, -0.15) is 0 Å². The summed E-state index contributed by atoms with van der Waals surface area (Å²) in [6.07, 6.45) is 0. The predicted octanol–water partition coefficient (Wildman–Crippen LogP) is 13.5. The maximum absolute atomic E-state index is 6.34. The van der Waals surface area contributed by atoms with Crippen LogP contribution in [0.5, 0.6) is 0 Å². The first-order chi connectivity index (χ1) is 24.7. The molecular formula is C48H29NO. The quantitative estimate of drug-likeness (QED) is 0.189. The molecule has 2 aromatic heterocycles. The molecule has 0 saturated heterocycles. The second-order valence-electron chi connectivity index (χ2n) is 13.4. The number of rotatable bonds is 3. The fraction of sp³-hybridized carbons (Fsp3) is 0. The van der Waals surface area contributed by atoms with Gasteiger partial charge in [-0.3, -0.25) is 0 Å². The summed E-state index contributed by atoms with van der Waals surface area (Å²) >= 11 is 0. The van der Waals surface area contributed by atoms with Crippen LogP contribution in [0.3, 0.4) is 0 Å². The maximum Gasteiger partial charge on any atom is 0.136 e. The second-order valence-corrected chi connectivity index (χ2v) is 13.4. The van der Waals surface area contributed by atoms with E-state index in [1.54, 1.807) is 0 Å². The molecule has 50 heavy (non-hydrogen) atoms. The molecule has 0 spiro atoms. The van der Waals surface area contributed by atoms with Gasteiger partial charge in [0.25, 0.3) is 0 Å². The van der Waals surface area contributed by atoms with Gasteiger partial charge in [0.1, 0.15) is 11.2 Å². The summed E-state index contributed by atoms with van der Waals surface area (Å²) in [5, 5.41) is 12.2. The Balaban J connectivity index is 1.02. The van der Waals surface area contributed by atoms with Gasteiger partial charge in [0, 0.05) is 27.2 Å². The summed E-state index contributed by atoms with van der Waals surface area (Å²) in [6, 6.07) is 64.0. The lowest BCUT2D eigenvalue weighted by atomic mass is 9.96. The highest BCUT2D eigenvalue weighted by atomic mass is 16.3. The largest absolute Gasteiger partial charge is 0.456 e. The van der Waals surface area contributed by atoms with E-state index >= 15 is 0 Å². The number of hydrogen-bond donors (Lipinski definition) is 0. The summed E-state index contributed by atoms with van der Waals surface area (Å²) in [5.41, 5.74) is 10.2. The summed E-state index contributed by atoms with van der Waals surface area (Å²) in [6.45, 7) is 0. The Morgan fingerprint density at radius 3 is 1.56 bits per heavy atom. The Morgan fingerprint density at radius 1 is 0.300 bits per heavy atom. The van der Waals surface area contributed by atoms with E-state index in [0.717, 1.165) is 27.6 Å². The molecule has 2 heterocycles. The number of furan rings is 1. The Labute approximate surface area is 288 Å². The first-order valence-corrected chi connectivity index (χ1v) is 17.2. The Kier molecular flexibility index (Phi) is 5.70. The fourth-order valence-electron chi connectivity index (χ4n) is 7.99. The molecule has 0 saturated carbocycles. The summed E-state index contributed by atoms with van der Waals surface area (Å²) < 4.78 is 8.73. The number of para-hydroxylation sites is 1. The van der Waals surface area contributed by atoms with Crippen molar-refractivity contribution in [1.29, 1.82) is 0 Å².